The standard InChI is InChI=1S/C44H73ClO2/c1-3-4-5-6-7-8-9-10-11-12-13-14-15-16-17-18-19-20-21-22-27-42(45)43(46)47-35-33-37-29-31-41-40-30-28-36-25-23-24-26-38(36)39(40)32-34-44(37,41)2/h23-24,36-42H,3-22,25-32,34H2,1-2H3/t36?,37-,38-,39+,40+,41-,42?,44+/m0/s1. The molecule has 2 nitrogen and oxygen atoms in total. The van der Waals surface area contributed by atoms with Gasteiger partial charge in [-0.25, -0.2) is 4.79 Å². The van der Waals surface area contributed by atoms with Gasteiger partial charge in [0.05, 0.1) is 0 Å². The minimum absolute atomic E-state index is 0.282. The predicted octanol–water partition coefficient (Wildman–Crippen LogP) is 13.7. The largest absolute Gasteiger partial charge is 0.371 e. The van der Waals surface area contributed by atoms with E-state index in [0.717, 1.165) is 48.9 Å². The van der Waals surface area contributed by atoms with E-state index in [1.807, 2.05) is 0 Å². The average molecular weight is 670 g/mol. The quantitative estimate of drug-likeness (QED) is 0.0377. The highest BCUT2D eigenvalue weighted by atomic mass is 35.5. The van der Waals surface area contributed by atoms with Gasteiger partial charge in [-0.15, -0.1) is 11.6 Å². The van der Waals surface area contributed by atoms with Gasteiger partial charge in [0.15, 0.2) is 0 Å². The Morgan fingerprint density at radius 2 is 1.26 bits per heavy atom. The fourth-order valence-electron chi connectivity index (χ4n) is 10.6. The summed E-state index contributed by atoms with van der Waals surface area (Å²) in [6.07, 6.45) is 46.5. The molecule has 0 N–H and O–H groups in total. The minimum Gasteiger partial charge on any atom is -0.371 e. The SMILES string of the molecule is CCCCCCCCCCCCCCCCCCCCCCC(Cl)C(=O)OC#C[C@@H]1CC[C@H]2[C@@H]3CCC4CC=CC[C@@H]4[C@H]3CC[C@]12C. The number of halogens is 1. The zero-order valence-electron chi connectivity index (χ0n) is 30.9. The van der Waals surface area contributed by atoms with Crippen LogP contribution in [0, 0.1) is 52.9 Å². The number of fused-ring (bicyclic) bond motifs is 5. The van der Waals surface area contributed by atoms with Crippen molar-refractivity contribution in [3.63, 3.8) is 0 Å². The van der Waals surface area contributed by atoms with Crippen molar-refractivity contribution in [1.82, 2.24) is 0 Å². The summed E-state index contributed by atoms with van der Waals surface area (Å²) in [6.45, 7) is 4.79. The van der Waals surface area contributed by atoms with Crippen LogP contribution in [0.1, 0.15) is 200 Å². The Kier molecular flexibility index (Phi) is 18.2. The molecule has 2 unspecified atom stereocenters. The number of carbonyl (C=O) groups excluding carboxylic acids is 1. The number of alkyl halides is 1. The van der Waals surface area contributed by atoms with Crippen LogP contribution >= 0.6 is 11.6 Å². The lowest BCUT2D eigenvalue weighted by atomic mass is 9.50. The monoisotopic (exact) mass is 669 g/mol. The van der Waals surface area contributed by atoms with Gasteiger partial charge in [-0.2, -0.15) is 0 Å². The highest BCUT2D eigenvalue weighted by molar-refractivity contribution is 6.29. The molecule has 0 spiro atoms. The fourth-order valence-corrected chi connectivity index (χ4v) is 10.8. The highest BCUT2D eigenvalue weighted by Crippen LogP contribution is 2.63. The number of hydrogen-bond donors (Lipinski definition) is 0. The zero-order chi connectivity index (χ0) is 33.2. The van der Waals surface area contributed by atoms with E-state index >= 15 is 0 Å². The Morgan fingerprint density at radius 1 is 0.702 bits per heavy atom. The van der Waals surface area contributed by atoms with Crippen LogP contribution in [0.3, 0.4) is 0 Å². The molecular weight excluding hydrogens is 596 g/mol. The average Bonchev–Trinajstić information content (AvgIpc) is 3.43. The molecule has 0 bridgehead atoms. The van der Waals surface area contributed by atoms with Crippen LogP contribution < -0.4 is 0 Å². The van der Waals surface area contributed by atoms with Crippen LogP contribution in [-0.2, 0) is 9.53 Å². The molecule has 0 amide bonds. The van der Waals surface area contributed by atoms with E-state index in [0.29, 0.717) is 12.3 Å². The lowest BCUT2D eigenvalue weighted by molar-refractivity contribution is -0.136. The molecule has 0 aromatic carbocycles. The third kappa shape index (κ3) is 12.4. The molecule has 0 aliphatic heterocycles. The summed E-state index contributed by atoms with van der Waals surface area (Å²) in [7, 11) is 0. The van der Waals surface area contributed by atoms with E-state index in [9.17, 15) is 4.79 Å². The van der Waals surface area contributed by atoms with E-state index in [-0.39, 0.29) is 11.4 Å². The van der Waals surface area contributed by atoms with Crippen molar-refractivity contribution >= 4 is 17.6 Å². The lowest BCUT2D eigenvalue weighted by Crippen LogP contribution is -2.47. The molecule has 0 aromatic heterocycles. The van der Waals surface area contributed by atoms with Gasteiger partial charge in [0.25, 0.3) is 0 Å². The molecule has 4 rings (SSSR count). The first-order chi connectivity index (χ1) is 23.0. The van der Waals surface area contributed by atoms with Crippen molar-refractivity contribution in [3.8, 4) is 12.0 Å². The minimum atomic E-state index is -0.568. The first kappa shape index (κ1) is 38.9. The third-order valence-electron chi connectivity index (χ3n) is 13.5. The molecule has 3 heteroatoms. The molecular formula is C44H73ClO2. The molecule has 0 heterocycles. The van der Waals surface area contributed by atoms with E-state index in [1.165, 1.54) is 161 Å². The second-order valence-electron chi connectivity index (χ2n) is 16.7. The van der Waals surface area contributed by atoms with Gasteiger partial charge in [-0.1, -0.05) is 160 Å². The number of esters is 1. The second-order valence-corrected chi connectivity index (χ2v) is 17.2. The van der Waals surface area contributed by atoms with Crippen LogP contribution in [0.15, 0.2) is 12.2 Å². The van der Waals surface area contributed by atoms with E-state index < -0.39 is 5.38 Å². The first-order valence-electron chi connectivity index (χ1n) is 21.0. The topological polar surface area (TPSA) is 26.3 Å². The Morgan fingerprint density at radius 3 is 1.85 bits per heavy atom. The van der Waals surface area contributed by atoms with Crippen LogP contribution in [0.2, 0.25) is 0 Å². The maximum atomic E-state index is 12.6. The van der Waals surface area contributed by atoms with E-state index in [4.69, 9.17) is 16.3 Å². The van der Waals surface area contributed by atoms with Crippen molar-refractivity contribution in [3.05, 3.63) is 12.2 Å². The maximum absolute atomic E-state index is 12.6. The third-order valence-corrected chi connectivity index (χ3v) is 13.9. The number of allylic oxidation sites excluding steroid dienone is 2. The Hall–Kier alpha value is -0.940. The smallest absolute Gasteiger partial charge is 0.337 e. The zero-order valence-corrected chi connectivity index (χ0v) is 31.7. The summed E-state index contributed by atoms with van der Waals surface area (Å²) in [4.78, 5) is 12.6. The number of hydrogen-bond acceptors (Lipinski definition) is 2. The van der Waals surface area contributed by atoms with Crippen LogP contribution in [0.4, 0.5) is 0 Å². The molecule has 3 fully saturated rings. The maximum Gasteiger partial charge on any atom is 0.337 e. The van der Waals surface area contributed by atoms with E-state index in [2.05, 4.69) is 38.0 Å². The molecule has 4 aliphatic carbocycles. The van der Waals surface area contributed by atoms with Gasteiger partial charge in [0, 0.05) is 5.92 Å². The van der Waals surface area contributed by atoms with Crippen molar-refractivity contribution in [2.24, 2.45) is 40.9 Å². The summed E-state index contributed by atoms with van der Waals surface area (Å²) in [6, 6.07) is 0. The Bertz CT molecular complexity index is 962. The summed E-state index contributed by atoms with van der Waals surface area (Å²) in [5, 5.41) is -0.568. The molecule has 3 saturated carbocycles. The second kappa shape index (κ2) is 22.0. The molecule has 0 saturated heterocycles. The molecule has 4 aliphatic rings. The summed E-state index contributed by atoms with van der Waals surface area (Å²) in [5.74, 6) is 7.90. The van der Waals surface area contributed by atoms with Crippen LogP contribution in [0.5, 0.6) is 0 Å². The van der Waals surface area contributed by atoms with Gasteiger partial charge in [0.1, 0.15) is 11.5 Å². The molecule has 8 atom stereocenters. The van der Waals surface area contributed by atoms with Crippen molar-refractivity contribution in [1.29, 1.82) is 0 Å². The summed E-state index contributed by atoms with van der Waals surface area (Å²) < 4.78 is 5.42. The number of unbranched alkanes of at least 4 members (excludes halogenated alkanes) is 19. The van der Waals surface area contributed by atoms with E-state index in [1.54, 1.807) is 0 Å². The van der Waals surface area contributed by atoms with Gasteiger partial charge in [-0.05, 0) is 92.8 Å². The van der Waals surface area contributed by atoms with Gasteiger partial charge >= 0.3 is 5.97 Å². The molecule has 0 radical (unpaired) electrons. The normalized spacial score (nSPS) is 30.1. The Labute approximate surface area is 296 Å². The number of ether oxygens (including phenoxy) is 1. The molecule has 0 aromatic rings. The number of carbonyl (C=O) groups is 1. The first-order valence-corrected chi connectivity index (χ1v) is 21.5. The Balaban J connectivity index is 0.961. The highest BCUT2D eigenvalue weighted by Gasteiger charge is 2.56. The summed E-state index contributed by atoms with van der Waals surface area (Å²) >= 11 is 6.44. The summed E-state index contributed by atoms with van der Waals surface area (Å²) in [5.41, 5.74) is 0.282. The van der Waals surface area contributed by atoms with Gasteiger partial charge < -0.3 is 4.74 Å². The molecule has 47 heavy (non-hydrogen) atoms. The number of rotatable bonds is 22. The molecule has 268 valence electrons. The van der Waals surface area contributed by atoms with Crippen molar-refractivity contribution < 1.29 is 9.53 Å². The van der Waals surface area contributed by atoms with Crippen molar-refractivity contribution in [2.75, 3.05) is 0 Å². The van der Waals surface area contributed by atoms with Crippen molar-refractivity contribution in [2.45, 2.75) is 205 Å². The predicted molar refractivity (Wildman–Crippen MR) is 201 cm³/mol. The van der Waals surface area contributed by atoms with Gasteiger partial charge in [0.2, 0.25) is 0 Å². The van der Waals surface area contributed by atoms with Crippen LogP contribution in [-0.4, -0.2) is 11.3 Å². The fraction of sp³-hybridized carbons (Fsp3) is 0.886. The van der Waals surface area contributed by atoms with Gasteiger partial charge in [-0.3, -0.25) is 0 Å². The van der Waals surface area contributed by atoms with Crippen LogP contribution in [0.25, 0.3) is 0 Å². The lowest BCUT2D eigenvalue weighted by Gasteiger charge is -2.54.